The van der Waals surface area contributed by atoms with Crippen molar-refractivity contribution in [2.45, 2.75) is 57.2 Å². The number of cyclic esters (lactones) is 1. The summed E-state index contributed by atoms with van der Waals surface area (Å²) >= 11 is 6.60. The van der Waals surface area contributed by atoms with Gasteiger partial charge in [-0.2, -0.15) is 0 Å². The number of benzene rings is 2. The zero-order valence-electron chi connectivity index (χ0n) is 21.4. The Bertz CT molecular complexity index is 1600. The van der Waals surface area contributed by atoms with Gasteiger partial charge in [0.25, 0.3) is 6.43 Å². The number of hydrogen-bond donors (Lipinski definition) is 2. The van der Waals surface area contributed by atoms with Crippen molar-refractivity contribution >= 4 is 28.9 Å². The fourth-order valence-corrected chi connectivity index (χ4v) is 6.27. The van der Waals surface area contributed by atoms with E-state index in [9.17, 15) is 18.7 Å². The predicted molar refractivity (Wildman–Crippen MR) is 142 cm³/mol. The van der Waals surface area contributed by atoms with E-state index in [4.69, 9.17) is 27.1 Å². The topological polar surface area (TPSA) is 103 Å². The van der Waals surface area contributed by atoms with Gasteiger partial charge in [0.15, 0.2) is 0 Å². The van der Waals surface area contributed by atoms with Crippen LogP contribution in [0.1, 0.15) is 68.0 Å². The van der Waals surface area contributed by atoms with Crippen molar-refractivity contribution in [3.8, 4) is 11.3 Å². The number of aliphatic hydroxyl groups is 1. The van der Waals surface area contributed by atoms with E-state index in [1.54, 1.807) is 41.7 Å². The summed E-state index contributed by atoms with van der Waals surface area (Å²) in [5.41, 5.74) is 6.93. The van der Waals surface area contributed by atoms with Gasteiger partial charge in [0.1, 0.15) is 45.1 Å². The van der Waals surface area contributed by atoms with E-state index < -0.39 is 17.4 Å². The molecule has 1 saturated carbocycles. The number of hydrogen-bond acceptors (Lipinski definition) is 6. The molecule has 0 radical (unpaired) electrons. The van der Waals surface area contributed by atoms with Gasteiger partial charge < -0.3 is 15.6 Å². The quantitative estimate of drug-likeness (QED) is 0.293. The molecule has 2 fully saturated rings. The fraction of sp³-hybridized carbons (Fsp3) is 0.345. The van der Waals surface area contributed by atoms with Gasteiger partial charge in [-0.1, -0.05) is 54.1 Å². The lowest BCUT2D eigenvalue weighted by Crippen LogP contribution is -2.53. The Morgan fingerprint density at radius 2 is 1.97 bits per heavy atom. The van der Waals surface area contributed by atoms with Crippen molar-refractivity contribution in [2.75, 3.05) is 5.73 Å². The molecule has 2 aromatic carbocycles. The highest BCUT2D eigenvalue weighted by atomic mass is 35.5. The summed E-state index contributed by atoms with van der Waals surface area (Å²) in [6.07, 6.45) is 0.809. The fourth-order valence-electron chi connectivity index (χ4n) is 6.05. The van der Waals surface area contributed by atoms with Crippen LogP contribution >= 0.6 is 11.6 Å². The largest absolute Gasteiger partial charge is 0.461 e. The van der Waals surface area contributed by atoms with Crippen LogP contribution in [0.5, 0.6) is 0 Å². The average Bonchev–Trinajstić information content (AvgIpc) is 3.57. The zero-order valence-corrected chi connectivity index (χ0v) is 22.1. The summed E-state index contributed by atoms with van der Waals surface area (Å²) in [5, 5.41) is 11.7. The molecule has 1 spiro atoms. The van der Waals surface area contributed by atoms with Crippen molar-refractivity contribution in [1.82, 2.24) is 14.4 Å². The maximum Gasteiger partial charge on any atom is 0.316 e. The molecular weight excluding hydrogens is 526 g/mol. The zero-order chi connectivity index (χ0) is 27.7. The molecule has 6 rings (SSSR count). The van der Waals surface area contributed by atoms with Crippen LogP contribution in [0.4, 0.5) is 14.6 Å². The van der Waals surface area contributed by atoms with Gasteiger partial charge >= 0.3 is 5.97 Å². The molecule has 1 unspecified atom stereocenters. The highest BCUT2D eigenvalue weighted by Gasteiger charge is 2.59. The van der Waals surface area contributed by atoms with Crippen molar-refractivity contribution in [3.05, 3.63) is 82.4 Å². The van der Waals surface area contributed by atoms with Crippen LogP contribution in [0.15, 0.2) is 54.7 Å². The molecule has 2 aliphatic rings. The van der Waals surface area contributed by atoms with Gasteiger partial charge in [-0.05, 0) is 50.3 Å². The second-order valence-electron chi connectivity index (χ2n) is 10.7. The molecule has 1 aliphatic carbocycles. The average molecular weight is 553 g/mol. The molecule has 1 saturated heterocycles. The van der Waals surface area contributed by atoms with E-state index >= 15 is 0 Å². The maximum absolute atomic E-state index is 13.2. The Labute approximate surface area is 228 Å². The first-order chi connectivity index (χ1) is 18.5. The predicted octanol–water partition coefficient (Wildman–Crippen LogP) is 6.02. The molecule has 10 heteroatoms. The summed E-state index contributed by atoms with van der Waals surface area (Å²) in [5.74, 6) is 0.787. The summed E-state index contributed by atoms with van der Waals surface area (Å²) in [4.78, 5) is 21.6. The summed E-state index contributed by atoms with van der Waals surface area (Å²) in [6, 6.07) is 12.9. The molecule has 3 heterocycles. The Morgan fingerprint density at radius 3 is 2.62 bits per heavy atom. The first-order valence-electron chi connectivity index (χ1n) is 12.8. The monoisotopic (exact) mass is 552 g/mol. The van der Waals surface area contributed by atoms with Crippen molar-refractivity contribution in [3.63, 3.8) is 0 Å². The molecule has 3 N–H and O–H groups in total. The smallest absolute Gasteiger partial charge is 0.316 e. The number of carbonyl (C=O) groups is 1. The first kappa shape index (κ1) is 25.7. The number of halogens is 3. The van der Waals surface area contributed by atoms with E-state index in [0.717, 1.165) is 18.4 Å². The normalized spacial score (nSPS) is 24.2. The molecule has 4 aromatic rings. The van der Waals surface area contributed by atoms with E-state index in [1.165, 1.54) is 24.4 Å². The SMILES string of the molecule is CC1OC(=O)[C@@]12CC[C@@H](c1nc(-c3ccc([C@@](C)(O)c4cccc(C(F)F)c4)cc3)c3c(N)ncc(Cl)n13)C2. The third kappa shape index (κ3) is 3.90. The number of alkyl halides is 2. The van der Waals surface area contributed by atoms with Crippen molar-refractivity contribution in [1.29, 1.82) is 0 Å². The lowest BCUT2D eigenvalue weighted by atomic mass is 9.76. The highest BCUT2D eigenvalue weighted by Crippen LogP contribution is 2.55. The Kier molecular flexibility index (Phi) is 5.93. The van der Waals surface area contributed by atoms with Crippen LogP contribution in [0.2, 0.25) is 5.15 Å². The number of nitrogens with two attached hydrogens (primary N) is 1. The van der Waals surface area contributed by atoms with E-state index in [2.05, 4.69) is 4.98 Å². The van der Waals surface area contributed by atoms with E-state index in [0.29, 0.717) is 39.7 Å². The number of carbonyl (C=O) groups excluding carboxylic acids is 1. The minimum atomic E-state index is -2.63. The molecule has 1 aliphatic heterocycles. The second kappa shape index (κ2) is 8.99. The Balaban J connectivity index is 1.39. The van der Waals surface area contributed by atoms with Gasteiger partial charge in [0.2, 0.25) is 0 Å². The first-order valence-corrected chi connectivity index (χ1v) is 13.2. The lowest BCUT2D eigenvalue weighted by molar-refractivity contribution is -0.203. The molecule has 0 amide bonds. The second-order valence-corrected chi connectivity index (χ2v) is 11.1. The van der Waals surface area contributed by atoms with Crippen LogP contribution in [-0.4, -0.2) is 31.5 Å². The van der Waals surface area contributed by atoms with Crippen LogP contribution in [0.25, 0.3) is 16.8 Å². The summed E-state index contributed by atoms with van der Waals surface area (Å²) in [7, 11) is 0. The molecule has 202 valence electrons. The number of imidazole rings is 1. The molecule has 4 atom stereocenters. The number of aromatic nitrogens is 3. The summed E-state index contributed by atoms with van der Waals surface area (Å²) in [6.45, 7) is 3.49. The number of rotatable bonds is 5. The minimum absolute atomic E-state index is 0.0250. The van der Waals surface area contributed by atoms with Gasteiger partial charge in [0.05, 0.1) is 6.20 Å². The van der Waals surface area contributed by atoms with E-state index in [1.807, 2.05) is 6.92 Å². The number of ether oxygens (including phenoxy) is 1. The standard InChI is InChI=1S/C29H27ClF2N4O3/c1-15-29(27(37)39-15)11-10-18(13-29)26-35-22(23-25(33)34-14-21(30)36(23)26)16-6-8-19(9-7-16)28(2,38)20-5-3-4-17(12-20)24(31)32/h3-9,12,14-15,18,24,38H,10-11,13H2,1-2H3,(H2,33,34)/t15?,18-,28-,29-/m1/s1. The number of nitrogen functional groups attached to an aromatic ring is 1. The Hall–Kier alpha value is -3.56. The summed E-state index contributed by atoms with van der Waals surface area (Å²) < 4.78 is 33.6. The van der Waals surface area contributed by atoms with Crippen LogP contribution in [0.3, 0.4) is 0 Å². The lowest BCUT2D eigenvalue weighted by Gasteiger charge is -2.42. The third-order valence-electron chi connectivity index (χ3n) is 8.47. The molecule has 2 aromatic heterocycles. The van der Waals surface area contributed by atoms with Crippen LogP contribution < -0.4 is 5.73 Å². The van der Waals surface area contributed by atoms with Crippen LogP contribution in [-0.2, 0) is 15.1 Å². The van der Waals surface area contributed by atoms with Gasteiger partial charge in [0, 0.05) is 17.0 Å². The number of nitrogens with zero attached hydrogens (tertiary/aromatic N) is 3. The van der Waals surface area contributed by atoms with Crippen molar-refractivity contribution < 1.29 is 23.4 Å². The molecule has 7 nitrogen and oxygen atoms in total. The molecular formula is C29H27ClF2N4O3. The number of anilines is 1. The third-order valence-corrected chi connectivity index (χ3v) is 8.74. The van der Waals surface area contributed by atoms with Gasteiger partial charge in [-0.15, -0.1) is 0 Å². The van der Waals surface area contributed by atoms with E-state index in [-0.39, 0.29) is 29.4 Å². The number of esters is 1. The van der Waals surface area contributed by atoms with Crippen molar-refractivity contribution in [2.24, 2.45) is 5.41 Å². The highest BCUT2D eigenvalue weighted by molar-refractivity contribution is 6.30. The number of fused-ring (bicyclic) bond motifs is 1. The Morgan fingerprint density at radius 1 is 1.23 bits per heavy atom. The minimum Gasteiger partial charge on any atom is -0.461 e. The molecule has 39 heavy (non-hydrogen) atoms. The molecule has 0 bridgehead atoms. The van der Waals surface area contributed by atoms with Gasteiger partial charge in [-0.25, -0.2) is 18.7 Å². The maximum atomic E-state index is 13.2. The van der Waals surface area contributed by atoms with Crippen LogP contribution in [0, 0.1) is 5.41 Å². The van der Waals surface area contributed by atoms with Gasteiger partial charge in [-0.3, -0.25) is 9.20 Å².